The molecule has 1 heterocycles. The molecule has 1 aromatic heterocycles. The van der Waals surface area contributed by atoms with Gasteiger partial charge in [0, 0.05) is 22.9 Å². The molecule has 112 valence electrons. The molecule has 4 heteroatoms. The molecule has 0 fully saturated rings. The lowest BCUT2D eigenvalue weighted by Gasteiger charge is -2.27. The van der Waals surface area contributed by atoms with Crippen molar-refractivity contribution < 1.29 is 9.32 Å². The summed E-state index contributed by atoms with van der Waals surface area (Å²) in [5.74, 6) is 0. The monoisotopic (exact) mass is 303 g/mol. The molecule has 0 saturated heterocycles. The van der Waals surface area contributed by atoms with Gasteiger partial charge in [-0.2, -0.15) is 0 Å². The van der Waals surface area contributed by atoms with E-state index in [1.165, 1.54) is 0 Å². The zero-order chi connectivity index (χ0) is 15.6. The first kappa shape index (κ1) is 15.9. The number of aliphatic hydroxyl groups is 1. The number of nitrogens with zero attached hydrogens (tertiary/aromatic N) is 1. The normalized spacial score (nSPS) is 14.7. The minimum absolute atomic E-state index is 0.326. The van der Waals surface area contributed by atoms with Gasteiger partial charge in [0.2, 0.25) is 0 Å². The summed E-state index contributed by atoms with van der Waals surface area (Å²) in [5, 5.41) is 10.5. The van der Waals surface area contributed by atoms with Gasteiger partial charge in [0.25, 0.3) is 0 Å². The summed E-state index contributed by atoms with van der Waals surface area (Å²) in [6.45, 7) is 7.86. The molecule has 0 saturated carbocycles. The number of pyridine rings is 1. The molecule has 0 amide bonds. The van der Waals surface area contributed by atoms with Crippen LogP contribution in [0.4, 0.5) is 0 Å². The minimum atomic E-state index is -1.34. The molecule has 2 aromatic rings. The molecule has 0 aliphatic carbocycles. The van der Waals surface area contributed by atoms with Crippen LogP contribution in [-0.4, -0.2) is 14.3 Å². The average molecular weight is 303 g/mol. The Kier molecular flexibility index (Phi) is 4.59. The average Bonchev–Trinajstić information content (AvgIpc) is 2.45. The molecule has 0 bridgehead atoms. The lowest BCUT2D eigenvalue weighted by Crippen LogP contribution is -2.19. The summed E-state index contributed by atoms with van der Waals surface area (Å²) in [7, 11) is -1.34. The van der Waals surface area contributed by atoms with Crippen molar-refractivity contribution in [3.8, 4) is 0 Å². The number of aryl methyl sites for hydroxylation is 1. The van der Waals surface area contributed by atoms with Crippen molar-refractivity contribution in [3.05, 3.63) is 53.9 Å². The third-order valence-electron chi connectivity index (χ3n) is 3.37. The summed E-state index contributed by atoms with van der Waals surface area (Å²) in [6, 6.07) is 9.32. The Morgan fingerprint density at radius 1 is 1.14 bits per heavy atom. The van der Waals surface area contributed by atoms with Gasteiger partial charge in [-0.1, -0.05) is 38.5 Å². The van der Waals surface area contributed by atoms with Crippen LogP contribution in [0.3, 0.4) is 0 Å². The zero-order valence-corrected chi connectivity index (χ0v) is 13.6. The largest absolute Gasteiger partial charge is 0.388 e. The van der Waals surface area contributed by atoms with Crippen LogP contribution < -0.4 is 0 Å². The summed E-state index contributed by atoms with van der Waals surface area (Å²) < 4.78 is 12.8. The molecular formula is C17H21NO2S. The molecule has 0 radical (unpaired) electrons. The van der Waals surface area contributed by atoms with E-state index in [9.17, 15) is 9.32 Å². The van der Waals surface area contributed by atoms with Crippen LogP contribution in [0, 0.1) is 12.3 Å². The van der Waals surface area contributed by atoms with Crippen LogP contribution in [-0.2, 0) is 10.8 Å². The maximum Gasteiger partial charge on any atom is 0.0869 e. The third-order valence-corrected chi connectivity index (χ3v) is 4.81. The molecule has 1 aromatic carbocycles. The molecular weight excluding hydrogens is 282 g/mol. The molecule has 2 rings (SSSR count). The topological polar surface area (TPSA) is 50.2 Å². The third kappa shape index (κ3) is 3.57. The van der Waals surface area contributed by atoms with Gasteiger partial charge in [-0.05, 0) is 30.5 Å². The lowest BCUT2D eigenvalue weighted by molar-refractivity contribution is 0.0602. The van der Waals surface area contributed by atoms with Gasteiger partial charge >= 0.3 is 0 Å². The van der Waals surface area contributed by atoms with Crippen molar-refractivity contribution in [2.75, 3.05) is 0 Å². The van der Waals surface area contributed by atoms with E-state index in [0.29, 0.717) is 10.5 Å². The second-order valence-electron chi connectivity index (χ2n) is 6.26. The second-order valence-corrected chi connectivity index (χ2v) is 7.71. The summed E-state index contributed by atoms with van der Waals surface area (Å²) in [5.41, 5.74) is 1.47. The number of benzene rings is 1. The highest BCUT2D eigenvalue weighted by molar-refractivity contribution is 7.85. The Hall–Kier alpha value is -1.52. The van der Waals surface area contributed by atoms with Crippen LogP contribution in [0.5, 0.6) is 0 Å². The lowest BCUT2D eigenvalue weighted by atomic mass is 9.85. The Morgan fingerprint density at radius 2 is 1.76 bits per heavy atom. The Bertz CT molecular complexity index is 645. The minimum Gasteiger partial charge on any atom is -0.388 e. The zero-order valence-electron chi connectivity index (χ0n) is 12.8. The van der Waals surface area contributed by atoms with Crippen LogP contribution in [0.15, 0.2) is 52.5 Å². The Labute approximate surface area is 128 Å². The highest BCUT2D eigenvalue weighted by atomic mass is 32.2. The first-order valence-electron chi connectivity index (χ1n) is 6.91. The van der Waals surface area contributed by atoms with E-state index in [4.69, 9.17) is 0 Å². The maximum atomic E-state index is 12.8. The van der Waals surface area contributed by atoms with Crippen LogP contribution in [0.25, 0.3) is 0 Å². The predicted octanol–water partition coefficient (Wildman–Crippen LogP) is 3.64. The number of hydrogen-bond donors (Lipinski definition) is 1. The van der Waals surface area contributed by atoms with Gasteiger partial charge in [0.1, 0.15) is 0 Å². The number of aromatic nitrogens is 1. The highest BCUT2D eigenvalue weighted by Crippen LogP contribution is 2.35. The van der Waals surface area contributed by atoms with Crippen molar-refractivity contribution in [2.45, 2.75) is 43.6 Å². The van der Waals surface area contributed by atoms with E-state index >= 15 is 0 Å². The van der Waals surface area contributed by atoms with E-state index in [1.807, 2.05) is 52.0 Å². The van der Waals surface area contributed by atoms with Gasteiger partial charge in [-0.3, -0.25) is 4.98 Å². The molecule has 2 atom stereocenters. The number of aliphatic hydroxyl groups excluding tert-OH is 1. The summed E-state index contributed by atoms with van der Waals surface area (Å²) >= 11 is 0. The van der Waals surface area contributed by atoms with Crippen molar-refractivity contribution in [1.29, 1.82) is 0 Å². The van der Waals surface area contributed by atoms with E-state index in [2.05, 4.69) is 4.98 Å². The van der Waals surface area contributed by atoms with E-state index in [0.717, 1.165) is 10.5 Å². The van der Waals surface area contributed by atoms with Gasteiger partial charge in [0.05, 0.1) is 21.8 Å². The van der Waals surface area contributed by atoms with E-state index < -0.39 is 16.9 Å². The standard InChI is InChI=1S/C17H21NO2S/c1-12-5-7-13(8-6-12)21(20)15-11-18-10-9-14(15)16(19)17(2,3)4/h5-11,16,19H,1-4H3/t16-,21-/m1/s1. The first-order valence-corrected chi connectivity index (χ1v) is 8.06. The second kappa shape index (κ2) is 6.08. The van der Waals surface area contributed by atoms with Crippen LogP contribution in [0.2, 0.25) is 0 Å². The quantitative estimate of drug-likeness (QED) is 0.942. The predicted molar refractivity (Wildman–Crippen MR) is 84.5 cm³/mol. The summed E-state index contributed by atoms with van der Waals surface area (Å²) in [6.07, 6.45) is 2.52. The van der Waals surface area contributed by atoms with E-state index in [1.54, 1.807) is 18.5 Å². The highest BCUT2D eigenvalue weighted by Gasteiger charge is 2.27. The molecule has 1 N–H and O–H groups in total. The fourth-order valence-electron chi connectivity index (χ4n) is 2.03. The molecule has 0 unspecified atom stereocenters. The molecule has 0 aliphatic heterocycles. The van der Waals surface area contributed by atoms with Gasteiger partial charge in [0.15, 0.2) is 0 Å². The number of hydrogen-bond acceptors (Lipinski definition) is 3. The molecule has 3 nitrogen and oxygen atoms in total. The van der Waals surface area contributed by atoms with Crippen LogP contribution in [0.1, 0.15) is 38.0 Å². The van der Waals surface area contributed by atoms with Crippen LogP contribution >= 0.6 is 0 Å². The van der Waals surface area contributed by atoms with Crippen molar-refractivity contribution in [1.82, 2.24) is 4.98 Å². The summed E-state index contributed by atoms with van der Waals surface area (Å²) in [4.78, 5) is 5.36. The van der Waals surface area contributed by atoms with E-state index in [-0.39, 0.29) is 5.41 Å². The molecule has 0 aliphatic rings. The SMILES string of the molecule is Cc1ccc([S@@](=O)c2cnccc2[C@@H](O)C(C)(C)C)cc1. The van der Waals surface area contributed by atoms with Gasteiger partial charge < -0.3 is 5.11 Å². The van der Waals surface area contributed by atoms with Gasteiger partial charge in [-0.25, -0.2) is 4.21 Å². The molecule has 0 spiro atoms. The Balaban J connectivity index is 2.45. The van der Waals surface area contributed by atoms with Crippen molar-refractivity contribution >= 4 is 10.8 Å². The molecule has 21 heavy (non-hydrogen) atoms. The van der Waals surface area contributed by atoms with Gasteiger partial charge in [-0.15, -0.1) is 0 Å². The maximum absolute atomic E-state index is 12.8. The van der Waals surface area contributed by atoms with Crippen molar-refractivity contribution in [3.63, 3.8) is 0 Å². The number of rotatable bonds is 3. The first-order chi connectivity index (χ1) is 9.80. The smallest absolute Gasteiger partial charge is 0.0869 e. The fraction of sp³-hybridized carbons (Fsp3) is 0.353. The Morgan fingerprint density at radius 3 is 2.33 bits per heavy atom. The van der Waals surface area contributed by atoms with Crippen molar-refractivity contribution in [2.24, 2.45) is 5.41 Å². The fourth-order valence-corrected chi connectivity index (χ4v) is 3.21.